The van der Waals surface area contributed by atoms with E-state index in [1.807, 2.05) is 54.6 Å². The van der Waals surface area contributed by atoms with E-state index in [0.29, 0.717) is 13.2 Å². The van der Waals surface area contributed by atoms with Gasteiger partial charge in [-0.3, -0.25) is 4.79 Å². The Labute approximate surface area is 112 Å². The Bertz CT molecular complexity index is 517. The molecule has 0 fully saturated rings. The smallest absolute Gasteiger partial charge is 0.302 e. The van der Waals surface area contributed by atoms with Gasteiger partial charge in [-0.15, -0.1) is 0 Å². The maximum atomic E-state index is 10.7. The van der Waals surface area contributed by atoms with Crippen molar-refractivity contribution in [3.63, 3.8) is 0 Å². The molecule has 98 valence electrons. The summed E-state index contributed by atoms with van der Waals surface area (Å²) in [6.45, 7) is 2.25. The Morgan fingerprint density at radius 2 is 1.53 bits per heavy atom. The summed E-state index contributed by atoms with van der Waals surface area (Å²) in [7, 11) is 0. The van der Waals surface area contributed by atoms with Crippen molar-refractivity contribution in [2.45, 2.75) is 20.1 Å². The van der Waals surface area contributed by atoms with Crippen molar-refractivity contribution in [1.29, 1.82) is 0 Å². The number of esters is 1. The van der Waals surface area contributed by atoms with E-state index in [4.69, 9.17) is 9.47 Å². The molecule has 2 aromatic rings. The monoisotopic (exact) mass is 256 g/mol. The first-order valence-electron chi connectivity index (χ1n) is 6.13. The highest BCUT2D eigenvalue weighted by atomic mass is 16.5. The standard InChI is InChI=1S/C16H16O3/c1-13(17)18-11-15-7-9-16(10-8-15)19-12-14-5-3-2-4-6-14/h2-10H,11-12H2,1H3. The number of carbonyl (C=O) groups excluding carboxylic acids is 1. The maximum absolute atomic E-state index is 10.7. The first-order valence-corrected chi connectivity index (χ1v) is 6.13. The fourth-order valence-electron chi connectivity index (χ4n) is 1.61. The minimum Gasteiger partial charge on any atom is -0.489 e. The zero-order valence-corrected chi connectivity index (χ0v) is 10.8. The van der Waals surface area contributed by atoms with Gasteiger partial charge in [0.05, 0.1) is 0 Å². The van der Waals surface area contributed by atoms with Crippen LogP contribution < -0.4 is 4.74 Å². The van der Waals surface area contributed by atoms with Crippen LogP contribution in [-0.4, -0.2) is 5.97 Å². The average Bonchev–Trinajstić information content (AvgIpc) is 2.45. The lowest BCUT2D eigenvalue weighted by Gasteiger charge is -2.07. The lowest BCUT2D eigenvalue weighted by atomic mass is 10.2. The van der Waals surface area contributed by atoms with Crippen molar-refractivity contribution < 1.29 is 14.3 Å². The van der Waals surface area contributed by atoms with E-state index in [1.54, 1.807) is 0 Å². The third kappa shape index (κ3) is 4.47. The number of benzene rings is 2. The fourth-order valence-corrected chi connectivity index (χ4v) is 1.61. The zero-order valence-electron chi connectivity index (χ0n) is 10.8. The zero-order chi connectivity index (χ0) is 13.5. The summed E-state index contributed by atoms with van der Waals surface area (Å²) in [5.74, 6) is 0.528. The highest BCUT2D eigenvalue weighted by Crippen LogP contribution is 2.14. The molecule has 0 aliphatic heterocycles. The summed E-state index contributed by atoms with van der Waals surface area (Å²) in [4.78, 5) is 10.7. The van der Waals surface area contributed by atoms with Gasteiger partial charge in [0.2, 0.25) is 0 Å². The summed E-state index contributed by atoms with van der Waals surface area (Å²) in [5.41, 5.74) is 2.08. The SMILES string of the molecule is CC(=O)OCc1ccc(OCc2ccccc2)cc1. The van der Waals surface area contributed by atoms with Crippen LogP contribution in [0.2, 0.25) is 0 Å². The Balaban J connectivity index is 1.86. The van der Waals surface area contributed by atoms with Gasteiger partial charge in [0.25, 0.3) is 0 Å². The van der Waals surface area contributed by atoms with E-state index >= 15 is 0 Å². The lowest BCUT2D eigenvalue weighted by Crippen LogP contribution is -1.99. The first kappa shape index (κ1) is 13.1. The summed E-state index contributed by atoms with van der Waals surface area (Å²) < 4.78 is 10.6. The van der Waals surface area contributed by atoms with E-state index in [-0.39, 0.29) is 5.97 Å². The van der Waals surface area contributed by atoms with Crippen molar-refractivity contribution in [2.24, 2.45) is 0 Å². The molecular weight excluding hydrogens is 240 g/mol. The molecule has 2 aromatic carbocycles. The molecule has 0 aliphatic carbocycles. The molecule has 0 saturated heterocycles. The van der Waals surface area contributed by atoms with Crippen LogP contribution in [0.25, 0.3) is 0 Å². The van der Waals surface area contributed by atoms with Gasteiger partial charge in [-0.1, -0.05) is 42.5 Å². The molecule has 2 rings (SSSR count). The van der Waals surface area contributed by atoms with Crippen molar-refractivity contribution >= 4 is 5.97 Å². The Morgan fingerprint density at radius 3 is 2.16 bits per heavy atom. The highest BCUT2D eigenvalue weighted by molar-refractivity contribution is 5.65. The number of hydrogen-bond donors (Lipinski definition) is 0. The van der Waals surface area contributed by atoms with Crippen molar-refractivity contribution in [2.75, 3.05) is 0 Å². The van der Waals surface area contributed by atoms with Crippen LogP contribution in [0.3, 0.4) is 0 Å². The van der Waals surface area contributed by atoms with Crippen LogP contribution in [0, 0.1) is 0 Å². The second kappa shape index (κ2) is 6.59. The summed E-state index contributed by atoms with van der Waals surface area (Å²) in [6.07, 6.45) is 0. The van der Waals surface area contributed by atoms with Gasteiger partial charge in [0, 0.05) is 6.92 Å². The summed E-state index contributed by atoms with van der Waals surface area (Å²) in [5, 5.41) is 0. The third-order valence-corrected chi connectivity index (χ3v) is 2.61. The topological polar surface area (TPSA) is 35.5 Å². The summed E-state index contributed by atoms with van der Waals surface area (Å²) in [6, 6.07) is 17.5. The molecule has 0 atom stereocenters. The van der Waals surface area contributed by atoms with E-state index < -0.39 is 0 Å². The molecular formula is C16H16O3. The average molecular weight is 256 g/mol. The van der Waals surface area contributed by atoms with E-state index in [0.717, 1.165) is 16.9 Å². The molecule has 19 heavy (non-hydrogen) atoms. The van der Waals surface area contributed by atoms with Gasteiger partial charge in [-0.2, -0.15) is 0 Å². The molecule has 3 nitrogen and oxygen atoms in total. The Hall–Kier alpha value is -2.29. The Morgan fingerprint density at radius 1 is 0.895 bits per heavy atom. The molecule has 0 aliphatic rings. The van der Waals surface area contributed by atoms with Gasteiger partial charge >= 0.3 is 5.97 Å². The molecule has 0 bridgehead atoms. The molecule has 0 amide bonds. The second-order valence-electron chi connectivity index (χ2n) is 4.20. The van der Waals surface area contributed by atoms with E-state index in [1.165, 1.54) is 6.92 Å². The number of hydrogen-bond acceptors (Lipinski definition) is 3. The molecule has 0 radical (unpaired) electrons. The largest absolute Gasteiger partial charge is 0.489 e. The first-order chi connectivity index (χ1) is 9.24. The Kier molecular flexibility index (Phi) is 4.56. The van der Waals surface area contributed by atoms with Gasteiger partial charge in [-0.25, -0.2) is 0 Å². The maximum Gasteiger partial charge on any atom is 0.302 e. The van der Waals surface area contributed by atoms with Crippen molar-refractivity contribution in [3.8, 4) is 5.75 Å². The van der Waals surface area contributed by atoms with Crippen LogP contribution >= 0.6 is 0 Å². The predicted molar refractivity (Wildman–Crippen MR) is 72.7 cm³/mol. The van der Waals surface area contributed by atoms with Crippen LogP contribution in [0.1, 0.15) is 18.1 Å². The van der Waals surface area contributed by atoms with E-state index in [2.05, 4.69) is 0 Å². The lowest BCUT2D eigenvalue weighted by molar-refractivity contribution is -0.142. The minimum atomic E-state index is -0.274. The number of ether oxygens (including phenoxy) is 2. The second-order valence-corrected chi connectivity index (χ2v) is 4.20. The highest BCUT2D eigenvalue weighted by Gasteiger charge is 1.98. The van der Waals surface area contributed by atoms with E-state index in [9.17, 15) is 4.79 Å². The predicted octanol–water partition coefficient (Wildman–Crippen LogP) is 3.33. The van der Waals surface area contributed by atoms with Gasteiger partial charge in [0.1, 0.15) is 19.0 Å². The quantitative estimate of drug-likeness (QED) is 0.770. The van der Waals surface area contributed by atoms with Crippen LogP contribution in [0.15, 0.2) is 54.6 Å². The molecule has 0 N–H and O–H groups in total. The molecule has 0 spiro atoms. The minimum absolute atomic E-state index is 0.274. The van der Waals surface area contributed by atoms with Crippen LogP contribution in [0.5, 0.6) is 5.75 Å². The van der Waals surface area contributed by atoms with Crippen molar-refractivity contribution in [3.05, 3.63) is 65.7 Å². The molecule has 3 heteroatoms. The van der Waals surface area contributed by atoms with Gasteiger partial charge in [-0.05, 0) is 23.3 Å². The number of rotatable bonds is 5. The third-order valence-electron chi connectivity index (χ3n) is 2.61. The van der Waals surface area contributed by atoms with Crippen LogP contribution in [-0.2, 0) is 22.7 Å². The van der Waals surface area contributed by atoms with Gasteiger partial charge in [0.15, 0.2) is 0 Å². The fraction of sp³-hybridized carbons (Fsp3) is 0.188. The molecule has 0 aromatic heterocycles. The normalized spacial score (nSPS) is 9.95. The van der Waals surface area contributed by atoms with Crippen LogP contribution in [0.4, 0.5) is 0 Å². The van der Waals surface area contributed by atoms with Gasteiger partial charge < -0.3 is 9.47 Å². The molecule has 0 unspecified atom stereocenters. The van der Waals surface area contributed by atoms with Crippen molar-refractivity contribution in [1.82, 2.24) is 0 Å². The number of carbonyl (C=O) groups is 1. The molecule has 0 saturated carbocycles. The molecule has 0 heterocycles. The summed E-state index contributed by atoms with van der Waals surface area (Å²) >= 11 is 0.